The molecule has 0 radical (unpaired) electrons. The van der Waals surface area contributed by atoms with Gasteiger partial charge in [0.2, 0.25) is 11.8 Å². The standard InChI is InChI=1S/C21H28N4O3/c1-24-6-8-25(9-7-24)21(26)17-12-16(17)19-18-14(13-23-19)2-5-22-20(18)28-15-3-10-27-11-4-15/h2,5,15-17H,3-4,6-13H2,1H3. The van der Waals surface area contributed by atoms with Crippen molar-refractivity contribution >= 4 is 11.6 Å². The number of ether oxygens (including phenoxy) is 2. The molecule has 1 amide bonds. The number of nitrogens with zero attached hydrogens (tertiary/aromatic N) is 4. The third kappa shape index (κ3) is 3.42. The first-order valence-electron chi connectivity index (χ1n) is 10.4. The molecule has 0 bridgehead atoms. The molecule has 4 heterocycles. The summed E-state index contributed by atoms with van der Waals surface area (Å²) in [5.41, 5.74) is 3.26. The van der Waals surface area contributed by atoms with Crippen molar-refractivity contribution in [3.05, 3.63) is 23.4 Å². The van der Waals surface area contributed by atoms with Crippen molar-refractivity contribution in [2.24, 2.45) is 16.8 Å². The number of hydrogen-bond donors (Lipinski definition) is 0. The van der Waals surface area contributed by atoms with Crippen molar-refractivity contribution in [1.29, 1.82) is 0 Å². The first kappa shape index (κ1) is 18.1. The van der Waals surface area contributed by atoms with E-state index in [1.807, 2.05) is 17.2 Å². The van der Waals surface area contributed by atoms with E-state index in [1.54, 1.807) is 0 Å². The number of piperazine rings is 1. The molecule has 28 heavy (non-hydrogen) atoms. The van der Waals surface area contributed by atoms with Gasteiger partial charge in [0.05, 0.1) is 31.0 Å². The van der Waals surface area contributed by atoms with E-state index in [-0.39, 0.29) is 17.9 Å². The summed E-state index contributed by atoms with van der Waals surface area (Å²) >= 11 is 0. The first-order chi connectivity index (χ1) is 13.7. The summed E-state index contributed by atoms with van der Waals surface area (Å²) in [5, 5.41) is 0. The lowest BCUT2D eigenvalue weighted by molar-refractivity contribution is -0.134. The number of aromatic nitrogens is 1. The van der Waals surface area contributed by atoms with Crippen LogP contribution in [0.4, 0.5) is 0 Å². The molecule has 0 spiro atoms. The minimum atomic E-state index is 0.0734. The van der Waals surface area contributed by atoms with E-state index in [2.05, 4.69) is 16.9 Å². The summed E-state index contributed by atoms with van der Waals surface area (Å²) in [6.45, 7) is 5.74. The van der Waals surface area contributed by atoms with Gasteiger partial charge in [0.15, 0.2) is 0 Å². The molecule has 150 valence electrons. The number of aliphatic imine (C=N–C) groups is 1. The topological polar surface area (TPSA) is 67.3 Å². The molecule has 1 aromatic heterocycles. The zero-order valence-electron chi connectivity index (χ0n) is 16.5. The van der Waals surface area contributed by atoms with Gasteiger partial charge in [-0.05, 0) is 25.1 Å². The summed E-state index contributed by atoms with van der Waals surface area (Å²) in [4.78, 5) is 26.6. The Kier molecular flexibility index (Phi) is 4.80. The second-order valence-corrected chi connectivity index (χ2v) is 8.36. The Labute approximate surface area is 165 Å². The smallest absolute Gasteiger partial charge is 0.226 e. The molecule has 1 aromatic rings. The third-order valence-electron chi connectivity index (χ3n) is 6.40. The van der Waals surface area contributed by atoms with Crippen LogP contribution in [0.25, 0.3) is 0 Å². The van der Waals surface area contributed by atoms with Crippen molar-refractivity contribution in [1.82, 2.24) is 14.8 Å². The van der Waals surface area contributed by atoms with Gasteiger partial charge in [0.25, 0.3) is 0 Å². The fraction of sp³-hybridized carbons (Fsp3) is 0.667. The lowest BCUT2D eigenvalue weighted by Crippen LogP contribution is -2.47. The van der Waals surface area contributed by atoms with E-state index >= 15 is 0 Å². The maximum absolute atomic E-state index is 12.9. The van der Waals surface area contributed by atoms with Crippen LogP contribution in [0.3, 0.4) is 0 Å². The lowest BCUT2D eigenvalue weighted by Gasteiger charge is -2.32. The second kappa shape index (κ2) is 7.44. The van der Waals surface area contributed by atoms with Gasteiger partial charge in [-0.15, -0.1) is 0 Å². The summed E-state index contributed by atoms with van der Waals surface area (Å²) in [5.74, 6) is 1.28. The largest absolute Gasteiger partial charge is 0.474 e. The molecule has 1 saturated carbocycles. The van der Waals surface area contributed by atoms with Crippen LogP contribution in [0.2, 0.25) is 0 Å². The lowest BCUT2D eigenvalue weighted by atomic mass is 10.0. The highest BCUT2D eigenvalue weighted by Gasteiger charge is 2.50. The molecular weight excluding hydrogens is 356 g/mol. The maximum Gasteiger partial charge on any atom is 0.226 e. The average molecular weight is 384 g/mol. The Morgan fingerprint density at radius 3 is 2.79 bits per heavy atom. The van der Waals surface area contributed by atoms with Crippen LogP contribution in [-0.2, 0) is 16.1 Å². The first-order valence-corrected chi connectivity index (χ1v) is 10.4. The molecule has 5 rings (SSSR count). The molecule has 3 aliphatic heterocycles. The third-order valence-corrected chi connectivity index (χ3v) is 6.40. The quantitative estimate of drug-likeness (QED) is 0.784. The molecule has 0 aromatic carbocycles. The number of likely N-dealkylation sites (N-methyl/N-ethyl adjacent to an activating group) is 1. The van der Waals surface area contributed by atoms with Crippen molar-refractivity contribution < 1.29 is 14.3 Å². The monoisotopic (exact) mass is 384 g/mol. The maximum atomic E-state index is 12.9. The summed E-state index contributed by atoms with van der Waals surface area (Å²) in [6, 6.07) is 2.03. The van der Waals surface area contributed by atoms with Crippen molar-refractivity contribution in [3.63, 3.8) is 0 Å². The molecular formula is C21H28N4O3. The van der Waals surface area contributed by atoms with Gasteiger partial charge in [-0.3, -0.25) is 9.79 Å². The molecule has 2 unspecified atom stereocenters. The van der Waals surface area contributed by atoms with Crippen molar-refractivity contribution in [2.45, 2.75) is 31.9 Å². The van der Waals surface area contributed by atoms with Crippen LogP contribution in [0.15, 0.2) is 17.3 Å². The van der Waals surface area contributed by atoms with E-state index in [9.17, 15) is 4.79 Å². The fourth-order valence-corrected chi connectivity index (χ4v) is 4.51. The molecule has 1 aliphatic carbocycles. The number of carbonyl (C=O) groups is 1. The van der Waals surface area contributed by atoms with Crippen LogP contribution in [-0.4, -0.2) is 78.9 Å². The molecule has 4 aliphatic rings. The Bertz CT molecular complexity index is 782. The highest BCUT2D eigenvalue weighted by atomic mass is 16.5. The van der Waals surface area contributed by atoms with Crippen LogP contribution in [0, 0.1) is 11.8 Å². The van der Waals surface area contributed by atoms with E-state index < -0.39 is 0 Å². The van der Waals surface area contributed by atoms with Crippen molar-refractivity contribution in [3.8, 4) is 5.88 Å². The number of fused-ring (bicyclic) bond motifs is 1. The van der Waals surface area contributed by atoms with Crippen molar-refractivity contribution in [2.75, 3.05) is 46.4 Å². The normalized spacial score (nSPS) is 28.0. The summed E-state index contributed by atoms with van der Waals surface area (Å²) in [7, 11) is 2.11. The molecule has 2 saturated heterocycles. The predicted octanol–water partition coefficient (Wildman–Crippen LogP) is 1.35. The van der Waals surface area contributed by atoms with E-state index in [4.69, 9.17) is 14.5 Å². The highest BCUT2D eigenvalue weighted by Crippen LogP contribution is 2.46. The van der Waals surface area contributed by atoms with Crippen LogP contribution in [0.5, 0.6) is 5.88 Å². The summed E-state index contributed by atoms with van der Waals surface area (Å²) in [6.07, 6.45) is 4.65. The number of pyridine rings is 1. The Morgan fingerprint density at radius 2 is 2.00 bits per heavy atom. The highest BCUT2D eigenvalue weighted by molar-refractivity contribution is 6.10. The van der Waals surface area contributed by atoms with Crippen LogP contribution < -0.4 is 4.74 Å². The number of carbonyl (C=O) groups excluding carboxylic acids is 1. The molecule has 0 N–H and O–H groups in total. The van der Waals surface area contributed by atoms with E-state index in [0.29, 0.717) is 18.3 Å². The summed E-state index contributed by atoms with van der Waals surface area (Å²) < 4.78 is 11.7. The van der Waals surface area contributed by atoms with Gasteiger partial charge in [-0.25, -0.2) is 4.98 Å². The van der Waals surface area contributed by atoms with Gasteiger partial charge < -0.3 is 19.3 Å². The minimum Gasteiger partial charge on any atom is -0.474 e. The number of hydrogen-bond acceptors (Lipinski definition) is 6. The van der Waals surface area contributed by atoms with Gasteiger partial charge in [-0.2, -0.15) is 0 Å². The zero-order valence-corrected chi connectivity index (χ0v) is 16.5. The number of rotatable bonds is 4. The van der Waals surface area contributed by atoms with Gasteiger partial charge >= 0.3 is 0 Å². The van der Waals surface area contributed by atoms with Gasteiger partial charge in [0, 0.05) is 57.1 Å². The number of amides is 1. The molecule has 7 nitrogen and oxygen atoms in total. The van der Waals surface area contributed by atoms with E-state index in [0.717, 1.165) is 69.9 Å². The predicted molar refractivity (Wildman–Crippen MR) is 105 cm³/mol. The van der Waals surface area contributed by atoms with Gasteiger partial charge in [0.1, 0.15) is 6.10 Å². The molecule has 3 fully saturated rings. The Morgan fingerprint density at radius 1 is 1.21 bits per heavy atom. The Hall–Kier alpha value is -1.99. The van der Waals surface area contributed by atoms with Crippen LogP contribution >= 0.6 is 0 Å². The SMILES string of the molecule is CN1CCN(C(=O)C2CC2C2=NCc3ccnc(OC4CCOCC4)c32)CC1. The minimum absolute atomic E-state index is 0.0734. The van der Waals surface area contributed by atoms with E-state index in [1.165, 1.54) is 5.56 Å². The average Bonchev–Trinajstić information content (AvgIpc) is 3.40. The Balaban J connectivity index is 1.29. The zero-order chi connectivity index (χ0) is 19.1. The second-order valence-electron chi connectivity index (χ2n) is 8.36. The molecule has 2 atom stereocenters. The molecule has 7 heteroatoms. The van der Waals surface area contributed by atoms with Crippen LogP contribution in [0.1, 0.15) is 30.4 Å². The van der Waals surface area contributed by atoms with Gasteiger partial charge in [-0.1, -0.05) is 0 Å². The fourth-order valence-electron chi connectivity index (χ4n) is 4.51.